The summed E-state index contributed by atoms with van der Waals surface area (Å²) in [6.07, 6.45) is 0.852. The first-order valence-electron chi connectivity index (χ1n) is 6.90. The highest BCUT2D eigenvalue weighted by molar-refractivity contribution is 8.01. The van der Waals surface area contributed by atoms with Crippen molar-refractivity contribution in [1.82, 2.24) is 10.5 Å². The normalized spacial score (nSPS) is 12.8. The summed E-state index contributed by atoms with van der Waals surface area (Å²) >= 11 is 1.29. The van der Waals surface area contributed by atoms with Crippen molar-refractivity contribution < 1.29 is 14.1 Å². The van der Waals surface area contributed by atoms with E-state index in [0.717, 1.165) is 6.42 Å². The molecule has 1 aromatic rings. The second kappa shape index (κ2) is 7.49. The highest BCUT2D eigenvalue weighted by atomic mass is 32.2. The van der Waals surface area contributed by atoms with E-state index in [2.05, 4.69) is 15.8 Å². The van der Waals surface area contributed by atoms with Gasteiger partial charge < -0.3 is 15.2 Å². The van der Waals surface area contributed by atoms with E-state index in [0.29, 0.717) is 11.6 Å². The van der Waals surface area contributed by atoms with E-state index in [4.69, 9.17) is 4.52 Å². The van der Waals surface area contributed by atoms with Crippen LogP contribution in [0.2, 0.25) is 0 Å². The van der Waals surface area contributed by atoms with Crippen LogP contribution in [0.5, 0.6) is 0 Å². The SMILES string of the molecule is CCC(C)(C)NC(=O)CSC(C)C(=O)Nc1cc(C)on1. The average molecular weight is 313 g/mol. The van der Waals surface area contributed by atoms with Crippen LogP contribution in [0, 0.1) is 6.92 Å². The van der Waals surface area contributed by atoms with Crippen molar-refractivity contribution in [2.24, 2.45) is 0 Å². The zero-order valence-electron chi connectivity index (χ0n) is 13.1. The Morgan fingerprint density at radius 3 is 2.67 bits per heavy atom. The van der Waals surface area contributed by atoms with Crippen molar-refractivity contribution in [2.45, 2.75) is 51.8 Å². The summed E-state index contributed by atoms with van der Waals surface area (Å²) in [5.41, 5.74) is -0.221. The van der Waals surface area contributed by atoms with Gasteiger partial charge in [0.15, 0.2) is 5.82 Å². The molecule has 1 rings (SSSR count). The molecule has 1 atom stereocenters. The summed E-state index contributed by atoms with van der Waals surface area (Å²) < 4.78 is 4.87. The Balaban J connectivity index is 2.37. The largest absolute Gasteiger partial charge is 0.360 e. The molecule has 0 saturated heterocycles. The quantitative estimate of drug-likeness (QED) is 0.807. The zero-order valence-corrected chi connectivity index (χ0v) is 14.0. The van der Waals surface area contributed by atoms with Crippen LogP contribution in [0.3, 0.4) is 0 Å². The molecule has 0 bridgehead atoms. The summed E-state index contributed by atoms with van der Waals surface area (Å²) in [5.74, 6) is 1.00. The molecule has 21 heavy (non-hydrogen) atoms. The number of hydrogen-bond acceptors (Lipinski definition) is 5. The van der Waals surface area contributed by atoms with Gasteiger partial charge in [0.05, 0.1) is 11.0 Å². The molecule has 0 aromatic carbocycles. The third kappa shape index (κ3) is 6.20. The third-order valence-electron chi connectivity index (χ3n) is 3.07. The minimum atomic E-state index is -0.350. The van der Waals surface area contributed by atoms with Crippen molar-refractivity contribution in [3.8, 4) is 0 Å². The van der Waals surface area contributed by atoms with Gasteiger partial charge in [-0.1, -0.05) is 12.1 Å². The number of hydrogen-bond donors (Lipinski definition) is 2. The van der Waals surface area contributed by atoms with Gasteiger partial charge in [-0.05, 0) is 34.1 Å². The van der Waals surface area contributed by atoms with Crippen molar-refractivity contribution in [3.63, 3.8) is 0 Å². The Bertz CT molecular complexity index is 499. The molecule has 1 unspecified atom stereocenters. The molecule has 0 aliphatic heterocycles. The Morgan fingerprint density at radius 2 is 2.14 bits per heavy atom. The predicted molar refractivity (Wildman–Crippen MR) is 84.3 cm³/mol. The number of nitrogens with one attached hydrogen (secondary N) is 2. The Kier molecular flexibility index (Phi) is 6.26. The lowest BCUT2D eigenvalue weighted by Crippen LogP contribution is -2.44. The van der Waals surface area contributed by atoms with Crippen LogP contribution < -0.4 is 10.6 Å². The number of carbonyl (C=O) groups excluding carboxylic acids is 2. The Labute approximate surface area is 129 Å². The first kappa shape index (κ1) is 17.6. The van der Waals surface area contributed by atoms with E-state index >= 15 is 0 Å². The molecule has 118 valence electrons. The monoisotopic (exact) mass is 313 g/mol. The minimum absolute atomic E-state index is 0.0659. The molecule has 1 heterocycles. The number of aromatic nitrogens is 1. The van der Waals surface area contributed by atoms with Crippen LogP contribution in [0.4, 0.5) is 5.82 Å². The predicted octanol–water partition coefficient (Wildman–Crippen LogP) is 2.35. The second-order valence-electron chi connectivity index (χ2n) is 5.55. The number of aryl methyl sites for hydroxylation is 1. The van der Waals surface area contributed by atoms with E-state index in [1.165, 1.54) is 11.8 Å². The lowest BCUT2D eigenvalue weighted by atomic mass is 10.0. The third-order valence-corrected chi connectivity index (χ3v) is 4.22. The molecule has 7 heteroatoms. The summed E-state index contributed by atoms with van der Waals surface area (Å²) in [7, 11) is 0. The molecular weight excluding hydrogens is 290 g/mol. The first-order valence-corrected chi connectivity index (χ1v) is 7.95. The number of anilines is 1. The van der Waals surface area contributed by atoms with E-state index in [9.17, 15) is 9.59 Å². The Morgan fingerprint density at radius 1 is 1.48 bits per heavy atom. The molecule has 0 spiro atoms. The highest BCUT2D eigenvalue weighted by Crippen LogP contribution is 2.15. The van der Waals surface area contributed by atoms with Gasteiger partial charge in [-0.2, -0.15) is 0 Å². The molecule has 0 aliphatic carbocycles. The molecule has 2 N–H and O–H groups in total. The van der Waals surface area contributed by atoms with Gasteiger partial charge in [0.2, 0.25) is 11.8 Å². The standard InChI is InChI=1S/C14H23N3O3S/c1-6-14(4,5)16-12(18)8-21-10(3)13(19)15-11-7-9(2)20-17-11/h7,10H,6,8H2,1-5H3,(H,16,18)(H,15,17,19). The van der Waals surface area contributed by atoms with E-state index < -0.39 is 0 Å². The smallest absolute Gasteiger partial charge is 0.238 e. The van der Waals surface area contributed by atoms with Gasteiger partial charge in [-0.25, -0.2) is 0 Å². The van der Waals surface area contributed by atoms with Crippen LogP contribution >= 0.6 is 11.8 Å². The molecule has 0 radical (unpaired) electrons. The fourth-order valence-corrected chi connectivity index (χ4v) is 2.12. The fourth-order valence-electron chi connectivity index (χ4n) is 1.43. The van der Waals surface area contributed by atoms with Crippen LogP contribution in [0.1, 0.15) is 39.9 Å². The average Bonchev–Trinajstić information content (AvgIpc) is 2.80. The number of nitrogens with zero attached hydrogens (tertiary/aromatic N) is 1. The van der Waals surface area contributed by atoms with E-state index in [1.807, 2.05) is 20.8 Å². The number of rotatable bonds is 7. The van der Waals surface area contributed by atoms with Gasteiger partial charge in [-0.3, -0.25) is 9.59 Å². The minimum Gasteiger partial charge on any atom is -0.360 e. The number of amides is 2. The van der Waals surface area contributed by atoms with Crippen molar-refractivity contribution in [1.29, 1.82) is 0 Å². The van der Waals surface area contributed by atoms with Crippen molar-refractivity contribution in [3.05, 3.63) is 11.8 Å². The summed E-state index contributed by atoms with van der Waals surface area (Å²) in [5, 5.41) is 8.93. The van der Waals surface area contributed by atoms with Gasteiger partial charge >= 0.3 is 0 Å². The number of thioether (sulfide) groups is 1. The lowest BCUT2D eigenvalue weighted by Gasteiger charge is -2.24. The molecular formula is C14H23N3O3S. The Hall–Kier alpha value is -1.50. The maximum Gasteiger partial charge on any atom is 0.238 e. The van der Waals surface area contributed by atoms with Crippen LogP contribution in [0.15, 0.2) is 10.6 Å². The maximum absolute atomic E-state index is 11.9. The van der Waals surface area contributed by atoms with E-state index in [1.54, 1.807) is 19.9 Å². The van der Waals surface area contributed by atoms with Crippen LogP contribution in [0.25, 0.3) is 0 Å². The van der Waals surface area contributed by atoms with Gasteiger partial charge in [-0.15, -0.1) is 11.8 Å². The molecule has 1 aromatic heterocycles. The number of carbonyl (C=O) groups is 2. The molecule has 2 amide bonds. The molecule has 0 saturated carbocycles. The van der Waals surface area contributed by atoms with Crippen molar-refractivity contribution >= 4 is 29.4 Å². The zero-order chi connectivity index (χ0) is 16.0. The van der Waals surface area contributed by atoms with Gasteiger partial charge in [0.1, 0.15) is 5.76 Å². The van der Waals surface area contributed by atoms with Crippen molar-refractivity contribution in [2.75, 3.05) is 11.1 Å². The van der Waals surface area contributed by atoms with Gasteiger partial charge in [0.25, 0.3) is 0 Å². The van der Waals surface area contributed by atoms with Gasteiger partial charge in [0, 0.05) is 11.6 Å². The molecule has 0 fully saturated rings. The highest BCUT2D eigenvalue weighted by Gasteiger charge is 2.20. The van der Waals surface area contributed by atoms with Crippen LogP contribution in [-0.2, 0) is 9.59 Å². The second-order valence-corrected chi connectivity index (χ2v) is 6.88. The van der Waals surface area contributed by atoms with Crippen LogP contribution in [-0.4, -0.2) is 33.5 Å². The molecule has 6 nitrogen and oxygen atoms in total. The summed E-state index contributed by atoms with van der Waals surface area (Å²) in [4.78, 5) is 23.7. The van der Waals surface area contributed by atoms with E-state index in [-0.39, 0.29) is 28.4 Å². The maximum atomic E-state index is 11.9. The fraction of sp³-hybridized carbons (Fsp3) is 0.643. The summed E-state index contributed by atoms with van der Waals surface area (Å²) in [6, 6.07) is 1.64. The topological polar surface area (TPSA) is 84.2 Å². The first-order chi connectivity index (χ1) is 9.73. The lowest BCUT2D eigenvalue weighted by molar-refractivity contribution is -0.120. The summed E-state index contributed by atoms with van der Waals surface area (Å²) in [6.45, 7) is 9.46. The molecule has 0 aliphatic rings.